The Kier molecular flexibility index (Phi) is 5.76. The number of quaternary nitrogens is 2. The van der Waals surface area contributed by atoms with E-state index in [1.165, 1.54) is 0 Å². The molecule has 7 heteroatoms. The highest BCUT2D eigenvalue weighted by molar-refractivity contribution is 6.31. The van der Waals surface area contributed by atoms with Crippen LogP contribution in [0.5, 0.6) is 0 Å². The van der Waals surface area contributed by atoms with Crippen molar-refractivity contribution in [2.45, 2.75) is 19.4 Å². The summed E-state index contributed by atoms with van der Waals surface area (Å²) in [4.78, 5) is 24.4. The summed E-state index contributed by atoms with van der Waals surface area (Å²) in [5.41, 5.74) is 1.37. The van der Waals surface area contributed by atoms with Crippen LogP contribution < -0.4 is 20.6 Å². The minimum atomic E-state index is -1.17. The van der Waals surface area contributed by atoms with Crippen molar-refractivity contribution in [3.05, 3.63) is 28.8 Å². The van der Waals surface area contributed by atoms with Crippen molar-refractivity contribution in [3.8, 4) is 0 Å². The number of anilines is 1. The summed E-state index contributed by atoms with van der Waals surface area (Å²) in [6, 6.07) is 4.42. The second-order valence-electron chi connectivity index (χ2n) is 5.56. The predicted octanol–water partition coefficient (Wildman–Crippen LogP) is -2.44. The second kappa shape index (κ2) is 7.58. The van der Waals surface area contributed by atoms with Crippen LogP contribution in [0.4, 0.5) is 5.69 Å². The van der Waals surface area contributed by atoms with Crippen molar-refractivity contribution in [2.24, 2.45) is 0 Å². The normalized spacial score (nSPS) is 17.0. The van der Waals surface area contributed by atoms with Crippen LogP contribution in [0, 0.1) is 6.92 Å². The average molecular weight is 327 g/mol. The second-order valence-corrected chi connectivity index (χ2v) is 5.97. The lowest BCUT2D eigenvalue weighted by Crippen LogP contribution is -3.24. The van der Waals surface area contributed by atoms with Crippen LogP contribution in [0.1, 0.15) is 12.0 Å². The first-order valence-corrected chi connectivity index (χ1v) is 7.79. The number of nitrogens with two attached hydrogens (primary N) is 1. The highest BCUT2D eigenvalue weighted by Crippen LogP contribution is 2.22. The van der Waals surface area contributed by atoms with Crippen molar-refractivity contribution >= 4 is 29.2 Å². The number of carbonyl (C=O) groups is 2. The van der Waals surface area contributed by atoms with Crippen LogP contribution in [0.3, 0.4) is 0 Å². The molecule has 1 amide bonds. The number of carboxylic acid groups (broad SMARTS) is 1. The lowest BCUT2D eigenvalue weighted by Gasteiger charge is -2.30. The molecule has 1 aromatic carbocycles. The quantitative estimate of drug-likeness (QED) is 0.561. The van der Waals surface area contributed by atoms with Gasteiger partial charge < -0.3 is 25.4 Å². The van der Waals surface area contributed by atoms with E-state index in [-0.39, 0.29) is 12.3 Å². The van der Waals surface area contributed by atoms with Crippen LogP contribution in [-0.2, 0) is 9.59 Å². The fraction of sp³-hybridized carbons (Fsp3) is 0.467. The van der Waals surface area contributed by atoms with Gasteiger partial charge in [-0.2, -0.15) is 0 Å². The summed E-state index contributed by atoms with van der Waals surface area (Å²) in [6.45, 7) is 4.99. The van der Waals surface area contributed by atoms with E-state index in [9.17, 15) is 14.7 Å². The number of piperazine rings is 1. The van der Waals surface area contributed by atoms with E-state index in [0.717, 1.165) is 36.6 Å². The Bertz CT molecular complexity index is 559. The molecule has 1 heterocycles. The van der Waals surface area contributed by atoms with Gasteiger partial charge >= 0.3 is 0 Å². The maximum absolute atomic E-state index is 12.2. The number of carboxylic acids is 1. The van der Waals surface area contributed by atoms with Gasteiger partial charge in [-0.15, -0.1) is 0 Å². The van der Waals surface area contributed by atoms with Gasteiger partial charge in [0.05, 0.1) is 12.4 Å². The summed E-state index contributed by atoms with van der Waals surface area (Å²) < 4.78 is 0. The number of benzene rings is 1. The Morgan fingerprint density at radius 2 is 2.09 bits per heavy atom. The number of halogens is 1. The van der Waals surface area contributed by atoms with Gasteiger partial charge in [-0.1, -0.05) is 17.7 Å². The molecule has 1 saturated heterocycles. The third-order valence-corrected chi connectivity index (χ3v) is 4.46. The maximum atomic E-state index is 12.2. The molecule has 0 aromatic heterocycles. The van der Waals surface area contributed by atoms with Gasteiger partial charge in [-0.05, 0) is 24.6 Å². The summed E-state index contributed by atoms with van der Waals surface area (Å²) in [6.07, 6.45) is -0.0936. The molecule has 1 aromatic rings. The minimum absolute atomic E-state index is 0.0936. The molecule has 1 aliphatic rings. The summed E-state index contributed by atoms with van der Waals surface area (Å²) in [5, 5.41) is 16.8. The van der Waals surface area contributed by atoms with Crippen LogP contribution in [0.2, 0.25) is 5.02 Å². The van der Waals surface area contributed by atoms with Gasteiger partial charge in [0.2, 0.25) is 5.91 Å². The zero-order valence-corrected chi connectivity index (χ0v) is 13.3. The minimum Gasteiger partial charge on any atom is -0.544 e. The third-order valence-electron chi connectivity index (χ3n) is 4.05. The van der Waals surface area contributed by atoms with Gasteiger partial charge in [-0.3, -0.25) is 4.79 Å². The molecular weight excluding hydrogens is 306 g/mol. The van der Waals surface area contributed by atoms with Crippen molar-refractivity contribution in [1.29, 1.82) is 0 Å². The van der Waals surface area contributed by atoms with Gasteiger partial charge in [0.25, 0.3) is 0 Å². The summed E-state index contributed by atoms with van der Waals surface area (Å²) in [7, 11) is 0. The fourth-order valence-electron chi connectivity index (χ4n) is 2.72. The monoisotopic (exact) mass is 326 g/mol. The number of carbonyl (C=O) groups excluding carboxylic acids is 2. The molecule has 0 spiro atoms. The van der Waals surface area contributed by atoms with Gasteiger partial charge in [0.15, 0.2) is 0 Å². The third kappa shape index (κ3) is 4.19. The molecule has 1 aliphatic heterocycles. The van der Waals surface area contributed by atoms with E-state index in [1.807, 2.05) is 0 Å². The van der Waals surface area contributed by atoms with Gasteiger partial charge in [0.1, 0.15) is 32.2 Å². The fourth-order valence-corrected chi connectivity index (χ4v) is 2.89. The molecule has 6 nitrogen and oxygen atoms in total. The average Bonchev–Trinajstić information content (AvgIpc) is 2.50. The molecule has 120 valence electrons. The Labute approximate surface area is 134 Å². The van der Waals surface area contributed by atoms with Crippen molar-refractivity contribution in [3.63, 3.8) is 0 Å². The van der Waals surface area contributed by atoms with E-state index < -0.39 is 12.0 Å². The molecule has 0 radical (unpaired) electrons. The highest BCUT2D eigenvalue weighted by Gasteiger charge is 2.29. The summed E-state index contributed by atoms with van der Waals surface area (Å²) in [5.74, 6) is -1.50. The van der Waals surface area contributed by atoms with Crippen LogP contribution in [0.25, 0.3) is 0 Å². The van der Waals surface area contributed by atoms with Crippen LogP contribution in [-0.4, -0.2) is 44.1 Å². The maximum Gasteiger partial charge on any atom is 0.230 e. The number of amides is 1. The lowest BCUT2D eigenvalue weighted by atomic mass is 10.1. The molecule has 0 saturated carbocycles. The molecule has 0 aliphatic carbocycles. The first kappa shape index (κ1) is 16.7. The van der Waals surface area contributed by atoms with Crippen molar-refractivity contribution in [1.82, 2.24) is 0 Å². The Morgan fingerprint density at radius 3 is 2.73 bits per heavy atom. The topological polar surface area (TPSA) is 90.3 Å². The van der Waals surface area contributed by atoms with E-state index in [4.69, 9.17) is 11.6 Å². The molecule has 4 N–H and O–H groups in total. The summed E-state index contributed by atoms with van der Waals surface area (Å²) >= 11 is 6.01. The Hall–Kier alpha value is -1.63. The first-order valence-electron chi connectivity index (χ1n) is 7.41. The molecule has 2 rings (SSSR count). The van der Waals surface area contributed by atoms with E-state index in [1.54, 1.807) is 25.1 Å². The molecule has 0 bridgehead atoms. The van der Waals surface area contributed by atoms with Gasteiger partial charge in [-0.25, -0.2) is 0 Å². The smallest absolute Gasteiger partial charge is 0.230 e. The number of hydrogen-bond donors (Lipinski definition) is 3. The number of hydrogen-bond acceptors (Lipinski definition) is 3. The molecule has 22 heavy (non-hydrogen) atoms. The first-order chi connectivity index (χ1) is 10.5. The predicted molar refractivity (Wildman–Crippen MR) is 80.6 cm³/mol. The standard InChI is InChI=1S/C15H20ClN3O3/c1-10-11(16)3-2-4-12(10)18-14(20)9-13(15(21)22)19-7-5-17-6-8-19/h2-4,13,17H,5-9H2,1H3,(H,18,20)(H,21,22)/p+1/t13-/m0/s1. The van der Waals surface area contributed by atoms with Crippen molar-refractivity contribution < 1.29 is 24.9 Å². The zero-order chi connectivity index (χ0) is 16.1. The Morgan fingerprint density at radius 1 is 1.41 bits per heavy atom. The zero-order valence-electron chi connectivity index (χ0n) is 12.5. The van der Waals surface area contributed by atoms with Gasteiger partial charge in [0, 0.05) is 10.7 Å². The largest absolute Gasteiger partial charge is 0.544 e. The SMILES string of the molecule is Cc1c(Cl)cccc1NC(=O)C[C@@H](C(=O)[O-])[NH+]1CC[NH2+]CC1. The molecule has 1 fully saturated rings. The molecule has 0 unspecified atom stereocenters. The Balaban J connectivity index is 2.02. The number of aliphatic carboxylic acids is 1. The lowest BCUT2D eigenvalue weighted by molar-refractivity contribution is -0.961. The van der Waals surface area contributed by atoms with Crippen LogP contribution >= 0.6 is 11.6 Å². The van der Waals surface area contributed by atoms with Crippen LogP contribution in [0.15, 0.2) is 18.2 Å². The number of nitrogens with one attached hydrogen (secondary N) is 2. The highest BCUT2D eigenvalue weighted by atomic mass is 35.5. The van der Waals surface area contributed by atoms with E-state index in [0.29, 0.717) is 10.7 Å². The number of rotatable bonds is 5. The van der Waals surface area contributed by atoms with Crippen molar-refractivity contribution in [2.75, 3.05) is 31.5 Å². The molecule has 1 atom stereocenters. The van der Waals surface area contributed by atoms with E-state index in [2.05, 4.69) is 10.6 Å². The van der Waals surface area contributed by atoms with E-state index >= 15 is 0 Å². The molecular formula is C15H21ClN3O3+.